The molecule has 0 aliphatic heterocycles. The molecule has 0 aliphatic carbocycles. The van der Waals surface area contributed by atoms with Gasteiger partial charge in [0, 0.05) is 18.5 Å². The van der Waals surface area contributed by atoms with Crippen LogP contribution in [0.25, 0.3) is 0 Å². The Balaban J connectivity index is 2.89. The van der Waals surface area contributed by atoms with Crippen molar-refractivity contribution in [3.05, 3.63) is 24.0 Å². The Labute approximate surface area is 121 Å². The van der Waals surface area contributed by atoms with Gasteiger partial charge in [-0.15, -0.1) is 0 Å². The van der Waals surface area contributed by atoms with Crippen molar-refractivity contribution in [1.82, 2.24) is 0 Å². The molecule has 21 heavy (non-hydrogen) atoms. The molecule has 0 spiro atoms. The maximum atomic E-state index is 13.6. The van der Waals surface area contributed by atoms with Gasteiger partial charge in [0.25, 0.3) is 0 Å². The lowest BCUT2D eigenvalue weighted by Gasteiger charge is -2.16. The number of carboxylic acid groups (broad SMARTS) is 1. The van der Waals surface area contributed by atoms with Crippen LogP contribution in [-0.4, -0.2) is 22.9 Å². The van der Waals surface area contributed by atoms with Crippen LogP contribution in [0.4, 0.5) is 15.8 Å². The molecule has 7 heteroatoms. The third-order valence-corrected chi connectivity index (χ3v) is 3.10. The maximum absolute atomic E-state index is 13.6. The highest BCUT2D eigenvalue weighted by Gasteiger charge is 2.26. The fraction of sp³-hybridized carbons (Fsp3) is 0.357. The molecule has 3 N–H and O–H groups in total. The van der Waals surface area contributed by atoms with Gasteiger partial charge in [-0.1, -0.05) is 13.8 Å². The number of amides is 2. The summed E-state index contributed by atoms with van der Waals surface area (Å²) < 4.78 is 13.6. The fourth-order valence-electron chi connectivity index (χ4n) is 1.59. The molecule has 0 radical (unpaired) electrons. The number of carboxylic acids is 1. The first-order chi connectivity index (χ1) is 9.72. The molecule has 0 heterocycles. The Bertz CT molecular complexity index is 574. The molecule has 1 rings (SSSR count). The van der Waals surface area contributed by atoms with Gasteiger partial charge < -0.3 is 15.7 Å². The minimum Gasteiger partial charge on any atom is -0.481 e. The smallest absolute Gasteiger partial charge is 0.307 e. The van der Waals surface area contributed by atoms with Crippen LogP contribution in [0.2, 0.25) is 0 Å². The lowest BCUT2D eigenvalue weighted by Crippen LogP contribution is -2.30. The van der Waals surface area contributed by atoms with Crippen LogP contribution in [0.1, 0.15) is 20.8 Å². The topological polar surface area (TPSA) is 95.5 Å². The van der Waals surface area contributed by atoms with Crippen LogP contribution in [0.15, 0.2) is 18.2 Å². The predicted molar refractivity (Wildman–Crippen MR) is 75.3 cm³/mol. The highest BCUT2D eigenvalue weighted by Crippen LogP contribution is 2.21. The zero-order valence-electron chi connectivity index (χ0n) is 11.9. The average Bonchev–Trinajstić information content (AvgIpc) is 2.40. The number of nitrogens with one attached hydrogen (secondary N) is 2. The molecule has 1 aromatic rings. The van der Waals surface area contributed by atoms with Crippen LogP contribution in [0, 0.1) is 17.7 Å². The van der Waals surface area contributed by atoms with Crippen LogP contribution < -0.4 is 10.6 Å². The lowest BCUT2D eigenvalue weighted by atomic mass is 9.95. The van der Waals surface area contributed by atoms with E-state index in [0.29, 0.717) is 5.69 Å². The zero-order chi connectivity index (χ0) is 16.2. The molecule has 2 amide bonds. The number of rotatable bonds is 5. The van der Waals surface area contributed by atoms with Gasteiger partial charge in [0.2, 0.25) is 11.8 Å². The third kappa shape index (κ3) is 4.55. The van der Waals surface area contributed by atoms with Gasteiger partial charge in [-0.2, -0.15) is 0 Å². The highest BCUT2D eigenvalue weighted by molar-refractivity contribution is 5.96. The van der Waals surface area contributed by atoms with E-state index in [1.807, 2.05) is 0 Å². The second kappa shape index (κ2) is 6.83. The van der Waals surface area contributed by atoms with E-state index in [0.717, 1.165) is 6.07 Å². The molecule has 114 valence electrons. The number of hydrogen-bond donors (Lipinski definition) is 3. The summed E-state index contributed by atoms with van der Waals surface area (Å²) >= 11 is 0. The molecule has 1 aromatic carbocycles. The van der Waals surface area contributed by atoms with Crippen molar-refractivity contribution in [1.29, 1.82) is 0 Å². The van der Waals surface area contributed by atoms with Crippen molar-refractivity contribution in [2.75, 3.05) is 10.6 Å². The summed E-state index contributed by atoms with van der Waals surface area (Å²) in [6.45, 7) is 4.15. The van der Waals surface area contributed by atoms with Gasteiger partial charge in [0.05, 0.1) is 11.6 Å². The Kier molecular flexibility index (Phi) is 5.40. The molecule has 0 saturated carbocycles. The molecule has 2 unspecified atom stereocenters. The van der Waals surface area contributed by atoms with Crippen LogP contribution in [0.3, 0.4) is 0 Å². The second-order valence-corrected chi connectivity index (χ2v) is 4.78. The first kappa shape index (κ1) is 16.6. The van der Waals surface area contributed by atoms with E-state index in [9.17, 15) is 18.8 Å². The van der Waals surface area contributed by atoms with Gasteiger partial charge >= 0.3 is 5.97 Å². The zero-order valence-corrected chi connectivity index (χ0v) is 11.9. The van der Waals surface area contributed by atoms with Crippen molar-refractivity contribution < 1.29 is 23.9 Å². The SMILES string of the molecule is CC(=O)Nc1ccc(F)c(NC(=O)C(C)C(C)C(=O)O)c1. The lowest BCUT2D eigenvalue weighted by molar-refractivity contribution is -0.145. The van der Waals surface area contributed by atoms with Gasteiger partial charge in [-0.3, -0.25) is 14.4 Å². The Hall–Kier alpha value is -2.44. The van der Waals surface area contributed by atoms with E-state index in [1.54, 1.807) is 0 Å². The molecule has 6 nitrogen and oxygen atoms in total. The molecule has 0 bridgehead atoms. The molecule has 0 aliphatic rings. The molecular formula is C14H17FN2O4. The van der Waals surface area contributed by atoms with E-state index >= 15 is 0 Å². The van der Waals surface area contributed by atoms with Crippen molar-refractivity contribution >= 4 is 29.2 Å². The quantitative estimate of drug-likeness (QED) is 0.775. The second-order valence-electron chi connectivity index (χ2n) is 4.78. The molecule has 0 fully saturated rings. The Morgan fingerprint density at radius 2 is 1.76 bits per heavy atom. The van der Waals surface area contributed by atoms with Gasteiger partial charge in [-0.25, -0.2) is 4.39 Å². The van der Waals surface area contributed by atoms with Crippen LogP contribution in [0.5, 0.6) is 0 Å². The minimum absolute atomic E-state index is 0.115. The Morgan fingerprint density at radius 1 is 1.14 bits per heavy atom. The van der Waals surface area contributed by atoms with E-state index in [2.05, 4.69) is 10.6 Å². The van der Waals surface area contributed by atoms with Crippen LogP contribution >= 0.6 is 0 Å². The number of aliphatic carboxylic acids is 1. The highest BCUT2D eigenvalue weighted by atomic mass is 19.1. The number of halogens is 1. The first-order valence-corrected chi connectivity index (χ1v) is 6.33. The van der Waals surface area contributed by atoms with E-state index in [1.165, 1.54) is 32.9 Å². The number of anilines is 2. The van der Waals surface area contributed by atoms with Crippen molar-refractivity contribution in [2.45, 2.75) is 20.8 Å². The normalized spacial score (nSPS) is 13.1. The van der Waals surface area contributed by atoms with Gasteiger partial charge in [0.1, 0.15) is 5.82 Å². The fourth-order valence-corrected chi connectivity index (χ4v) is 1.59. The molecule has 2 atom stereocenters. The molecular weight excluding hydrogens is 279 g/mol. The Morgan fingerprint density at radius 3 is 2.29 bits per heavy atom. The van der Waals surface area contributed by atoms with Gasteiger partial charge in [-0.05, 0) is 18.2 Å². The maximum Gasteiger partial charge on any atom is 0.307 e. The first-order valence-electron chi connectivity index (χ1n) is 6.33. The predicted octanol–water partition coefficient (Wildman–Crippen LogP) is 2.08. The number of hydrogen-bond acceptors (Lipinski definition) is 3. The summed E-state index contributed by atoms with van der Waals surface area (Å²) in [7, 11) is 0. The summed E-state index contributed by atoms with van der Waals surface area (Å²) in [5.41, 5.74) is 0.217. The number of carbonyl (C=O) groups is 3. The van der Waals surface area contributed by atoms with Crippen molar-refractivity contribution in [3.8, 4) is 0 Å². The number of carbonyl (C=O) groups excluding carboxylic acids is 2. The molecule has 0 aromatic heterocycles. The monoisotopic (exact) mass is 296 g/mol. The summed E-state index contributed by atoms with van der Waals surface area (Å²) in [6.07, 6.45) is 0. The van der Waals surface area contributed by atoms with E-state index in [4.69, 9.17) is 5.11 Å². The van der Waals surface area contributed by atoms with Gasteiger partial charge in [0.15, 0.2) is 0 Å². The summed E-state index contributed by atoms with van der Waals surface area (Å²) in [6, 6.07) is 3.73. The van der Waals surface area contributed by atoms with E-state index in [-0.39, 0.29) is 11.6 Å². The van der Waals surface area contributed by atoms with Crippen molar-refractivity contribution in [3.63, 3.8) is 0 Å². The summed E-state index contributed by atoms with van der Waals surface area (Å²) in [4.78, 5) is 33.7. The third-order valence-electron chi connectivity index (χ3n) is 3.10. The minimum atomic E-state index is -1.11. The largest absolute Gasteiger partial charge is 0.481 e. The van der Waals surface area contributed by atoms with Crippen molar-refractivity contribution in [2.24, 2.45) is 11.8 Å². The average molecular weight is 296 g/mol. The van der Waals surface area contributed by atoms with E-state index < -0.39 is 29.5 Å². The summed E-state index contributed by atoms with van der Waals surface area (Å²) in [5.74, 6) is -4.44. The summed E-state index contributed by atoms with van der Waals surface area (Å²) in [5, 5.41) is 13.7. The number of benzene rings is 1. The van der Waals surface area contributed by atoms with Crippen LogP contribution in [-0.2, 0) is 14.4 Å². The molecule has 0 saturated heterocycles. The standard InChI is InChI=1S/C14H17FN2O4/c1-7(8(2)14(20)21)13(19)17-12-6-10(16-9(3)18)4-5-11(12)15/h4-8H,1-3H3,(H,16,18)(H,17,19)(H,20,21).